The van der Waals surface area contributed by atoms with Gasteiger partial charge in [0.15, 0.2) is 0 Å². The summed E-state index contributed by atoms with van der Waals surface area (Å²) in [4.78, 5) is 23.3. The van der Waals surface area contributed by atoms with Gasteiger partial charge < -0.3 is 20.4 Å². The molecule has 2 fully saturated rings. The number of alkyl halides is 3. The molecule has 0 unspecified atom stereocenters. The summed E-state index contributed by atoms with van der Waals surface area (Å²) in [6.07, 6.45) is 0.877. The Morgan fingerprint density at radius 1 is 1.20 bits per heavy atom. The minimum atomic E-state index is -4.62. The highest BCUT2D eigenvalue weighted by Crippen LogP contribution is 2.48. The molecule has 8 nitrogen and oxygen atoms in total. The van der Waals surface area contributed by atoms with E-state index in [1.807, 2.05) is 0 Å². The van der Waals surface area contributed by atoms with Gasteiger partial charge in [0, 0.05) is 53.2 Å². The lowest BCUT2D eigenvalue weighted by atomic mass is 10.00. The van der Waals surface area contributed by atoms with Crippen LogP contribution in [0.25, 0.3) is 22.2 Å². The molecule has 186 valence electrons. The summed E-state index contributed by atoms with van der Waals surface area (Å²) in [5.41, 5.74) is 1.38. The number of anilines is 2. The summed E-state index contributed by atoms with van der Waals surface area (Å²) in [6, 6.07) is 3.84. The van der Waals surface area contributed by atoms with E-state index in [-0.39, 0.29) is 23.6 Å². The van der Waals surface area contributed by atoms with Crippen LogP contribution in [0.4, 0.5) is 29.6 Å². The Morgan fingerprint density at radius 2 is 2.00 bits per heavy atom. The molecule has 3 heterocycles. The van der Waals surface area contributed by atoms with Crippen molar-refractivity contribution in [2.75, 3.05) is 24.3 Å². The number of rotatable bonds is 5. The minimum absolute atomic E-state index is 0.0344. The summed E-state index contributed by atoms with van der Waals surface area (Å²) in [5.74, 6) is 0.373. The van der Waals surface area contributed by atoms with E-state index in [1.165, 1.54) is 7.11 Å². The second-order valence-electron chi connectivity index (χ2n) is 9.22. The van der Waals surface area contributed by atoms with Gasteiger partial charge in [0.05, 0.1) is 18.3 Å². The zero-order valence-electron chi connectivity index (χ0n) is 19.4. The van der Waals surface area contributed by atoms with E-state index >= 15 is 0 Å². The average Bonchev–Trinajstić information content (AvgIpc) is 3.57. The van der Waals surface area contributed by atoms with Crippen molar-refractivity contribution in [3.05, 3.63) is 35.7 Å². The van der Waals surface area contributed by atoms with Gasteiger partial charge in [0.2, 0.25) is 5.95 Å². The number of benzene rings is 1. The van der Waals surface area contributed by atoms with Crippen molar-refractivity contribution in [2.24, 2.45) is 0 Å². The number of fused-ring (bicyclic) bond motifs is 1. The molecule has 35 heavy (non-hydrogen) atoms. The Morgan fingerprint density at radius 3 is 2.66 bits per heavy atom. The first-order valence-corrected chi connectivity index (χ1v) is 11.7. The molecule has 1 aliphatic heterocycles. The normalized spacial score (nSPS) is 20.6. The third-order valence-electron chi connectivity index (χ3n) is 6.65. The second kappa shape index (κ2) is 9.03. The molecule has 1 saturated carbocycles. The van der Waals surface area contributed by atoms with Crippen LogP contribution in [0.15, 0.2) is 24.5 Å². The van der Waals surface area contributed by atoms with E-state index in [9.17, 15) is 18.0 Å². The van der Waals surface area contributed by atoms with E-state index in [4.69, 9.17) is 4.74 Å². The smallest absolute Gasteiger partial charge is 0.419 e. The number of amides is 1. The van der Waals surface area contributed by atoms with Crippen LogP contribution in [0.1, 0.15) is 49.7 Å². The average molecular weight is 489 g/mol. The largest absolute Gasteiger partial charge is 0.453 e. The Kier molecular flexibility index (Phi) is 6.04. The number of halogens is 3. The predicted octanol–water partition coefficient (Wildman–Crippen LogP) is 5.25. The van der Waals surface area contributed by atoms with Gasteiger partial charge in [-0.1, -0.05) is 6.07 Å². The fraction of sp³-hybridized carbons (Fsp3) is 0.458. The number of carbonyl (C=O) groups is 1. The standard InChI is InChI=1S/C24H27F3N6O2/c1-12-3-6-14(9-28-12)31-22-30-11-17(24(25,26)27)20(33-22)16-10-29-21-15(16)7-8-18(32-23(34)35-2)19(21)13-4-5-13/h7-8,10-14,28-29H,3-6,9H2,1-2H3,(H,32,34)(H,30,31,33)/t12-,14-/m0/s1. The zero-order chi connectivity index (χ0) is 24.7. The van der Waals surface area contributed by atoms with Crippen LogP contribution in [0, 0.1) is 0 Å². The Balaban J connectivity index is 1.57. The van der Waals surface area contributed by atoms with Crippen LogP contribution >= 0.6 is 0 Å². The van der Waals surface area contributed by atoms with Gasteiger partial charge in [-0.3, -0.25) is 5.32 Å². The zero-order valence-corrected chi connectivity index (χ0v) is 19.4. The molecule has 3 aromatic rings. The Labute approximate surface area is 200 Å². The maximum Gasteiger partial charge on any atom is 0.419 e. The van der Waals surface area contributed by atoms with E-state index < -0.39 is 17.8 Å². The Bertz CT molecular complexity index is 1250. The maximum atomic E-state index is 14.0. The van der Waals surface area contributed by atoms with Crippen molar-refractivity contribution in [1.82, 2.24) is 20.3 Å². The van der Waals surface area contributed by atoms with Gasteiger partial charge >= 0.3 is 12.3 Å². The highest BCUT2D eigenvalue weighted by Gasteiger charge is 2.37. The SMILES string of the molecule is COC(=O)Nc1ccc2c(-c3nc(N[C@H]4CC[C@H](C)NC4)ncc3C(F)(F)F)c[nH]c2c1C1CC1. The number of aromatic amines is 1. The topological polar surface area (TPSA) is 104 Å². The summed E-state index contributed by atoms with van der Waals surface area (Å²) in [5, 5.41) is 9.86. The number of hydrogen-bond donors (Lipinski definition) is 4. The Hall–Kier alpha value is -3.34. The number of hydrogen-bond acceptors (Lipinski definition) is 6. The number of methoxy groups -OCH3 is 1. The van der Waals surface area contributed by atoms with Gasteiger partial charge in [0.25, 0.3) is 0 Å². The monoisotopic (exact) mass is 488 g/mol. The highest BCUT2D eigenvalue weighted by molar-refractivity contribution is 6.01. The molecule has 1 amide bonds. The second-order valence-corrected chi connectivity index (χ2v) is 9.22. The first-order valence-electron chi connectivity index (χ1n) is 11.7. The maximum absolute atomic E-state index is 14.0. The van der Waals surface area contributed by atoms with E-state index in [0.717, 1.165) is 37.4 Å². The number of nitrogens with zero attached hydrogens (tertiary/aromatic N) is 2. The molecule has 1 aromatic carbocycles. The quantitative estimate of drug-likeness (QED) is 0.391. The minimum Gasteiger partial charge on any atom is -0.453 e. The molecule has 1 aliphatic carbocycles. The fourth-order valence-electron chi connectivity index (χ4n) is 4.65. The molecule has 1 saturated heterocycles. The molecule has 0 radical (unpaired) electrons. The van der Waals surface area contributed by atoms with Gasteiger partial charge in [-0.25, -0.2) is 14.8 Å². The van der Waals surface area contributed by atoms with Crippen molar-refractivity contribution in [3.8, 4) is 11.3 Å². The molecule has 0 bridgehead atoms. The third-order valence-corrected chi connectivity index (χ3v) is 6.65. The van der Waals surface area contributed by atoms with Crippen LogP contribution in [-0.4, -0.2) is 46.8 Å². The molecule has 2 aromatic heterocycles. The lowest BCUT2D eigenvalue weighted by Crippen LogP contribution is -2.43. The molecule has 2 aliphatic rings. The van der Waals surface area contributed by atoms with Crippen molar-refractivity contribution in [1.29, 1.82) is 0 Å². The molecule has 4 N–H and O–H groups in total. The van der Waals surface area contributed by atoms with Gasteiger partial charge in [-0.2, -0.15) is 13.2 Å². The lowest BCUT2D eigenvalue weighted by Gasteiger charge is -2.28. The summed E-state index contributed by atoms with van der Waals surface area (Å²) in [6.45, 7) is 2.79. The molecular formula is C24H27F3N6O2. The van der Waals surface area contributed by atoms with Crippen LogP contribution in [0.3, 0.4) is 0 Å². The summed E-state index contributed by atoms with van der Waals surface area (Å²) < 4.78 is 46.6. The first kappa shape index (κ1) is 23.4. The summed E-state index contributed by atoms with van der Waals surface area (Å²) in [7, 11) is 1.28. The van der Waals surface area contributed by atoms with E-state index in [2.05, 4.69) is 37.8 Å². The molecule has 0 spiro atoms. The van der Waals surface area contributed by atoms with Gasteiger partial charge in [0.1, 0.15) is 5.56 Å². The van der Waals surface area contributed by atoms with E-state index in [1.54, 1.807) is 18.3 Å². The number of ether oxygens (including phenoxy) is 1. The molecular weight excluding hydrogens is 461 g/mol. The number of carbonyl (C=O) groups excluding carboxylic acids is 1. The van der Waals surface area contributed by atoms with Crippen molar-refractivity contribution >= 4 is 28.6 Å². The van der Waals surface area contributed by atoms with Crippen LogP contribution in [0.5, 0.6) is 0 Å². The third kappa shape index (κ3) is 4.77. The van der Waals surface area contributed by atoms with Gasteiger partial charge in [-0.05, 0) is 44.6 Å². The number of H-pyrrole nitrogens is 1. The van der Waals surface area contributed by atoms with Gasteiger partial charge in [-0.15, -0.1) is 0 Å². The number of nitrogens with one attached hydrogen (secondary N) is 4. The van der Waals surface area contributed by atoms with Crippen LogP contribution < -0.4 is 16.0 Å². The van der Waals surface area contributed by atoms with E-state index in [0.29, 0.717) is 34.7 Å². The molecule has 5 rings (SSSR count). The lowest BCUT2D eigenvalue weighted by molar-refractivity contribution is -0.137. The van der Waals surface area contributed by atoms with Crippen LogP contribution in [0.2, 0.25) is 0 Å². The number of piperidine rings is 1. The summed E-state index contributed by atoms with van der Waals surface area (Å²) >= 11 is 0. The number of aromatic nitrogens is 3. The first-order chi connectivity index (χ1) is 16.7. The molecule has 11 heteroatoms. The van der Waals surface area contributed by atoms with Crippen molar-refractivity contribution in [2.45, 2.75) is 56.8 Å². The molecule has 2 atom stereocenters. The van der Waals surface area contributed by atoms with Crippen molar-refractivity contribution < 1.29 is 22.7 Å². The highest BCUT2D eigenvalue weighted by atomic mass is 19.4. The van der Waals surface area contributed by atoms with Crippen LogP contribution in [-0.2, 0) is 10.9 Å². The van der Waals surface area contributed by atoms with Crippen molar-refractivity contribution in [3.63, 3.8) is 0 Å². The predicted molar refractivity (Wildman–Crippen MR) is 126 cm³/mol. The fourth-order valence-corrected chi connectivity index (χ4v) is 4.65.